The van der Waals surface area contributed by atoms with Crippen LogP contribution in [0.1, 0.15) is 45.4 Å². The number of halogens is 1. The summed E-state index contributed by atoms with van der Waals surface area (Å²) in [6.45, 7) is 2.07. The van der Waals surface area contributed by atoms with Crippen molar-refractivity contribution in [1.82, 2.24) is 4.72 Å². The van der Waals surface area contributed by atoms with E-state index in [0.717, 1.165) is 17.8 Å². The zero-order valence-corrected chi connectivity index (χ0v) is 15.0. The summed E-state index contributed by atoms with van der Waals surface area (Å²) in [5, 5.41) is 0.554. The number of hydrogen-bond acceptors (Lipinski definition) is 2. The lowest BCUT2D eigenvalue weighted by Gasteiger charge is -2.59. The topological polar surface area (TPSA) is 46.2 Å². The van der Waals surface area contributed by atoms with Gasteiger partial charge in [-0.1, -0.05) is 11.6 Å². The van der Waals surface area contributed by atoms with Crippen LogP contribution in [0.3, 0.4) is 0 Å². The van der Waals surface area contributed by atoms with Crippen LogP contribution in [-0.4, -0.2) is 14.5 Å². The minimum Gasteiger partial charge on any atom is -0.208 e. The van der Waals surface area contributed by atoms with E-state index in [2.05, 4.69) is 11.6 Å². The van der Waals surface area contributed by atoms with Crippen LogP contribution in [0.15, 0.2) is 29.2 Å². The molecule has 1 atom stereocenters. The van der Waals surface area contributed by atoms with Gasteiger partial charge in [0.2, 0.25) is 10.0 Å². The number of sulfonamides is 1. The van der Waals surface area contributed by atoms with Crippen molar-refractivity contribution in [2.75, 3.05) is 0 Å². The molecule has 1 aromatic rings. The molecule has 0 unspecified atom stereocenters. The quantitative estimate of drug-likeness (QED) is 0.880. The van der Waals surface area contributed by atoms with Gasteiger partial charge in [0.25, 0.3) is 0 Å². The molecule has 5 rings (SSSR count). The van der Waals surface area contributed by atoms with Crippen LogP contribution in [-0.2, 0) is 10.0 Å². The molecule has 4 aliphatic rings. The molecule has 0 aromatic heterocycles. The first-order chi connectivity index (χ1) is 10.9. The van der Waals surface area contributed by atoms with Gasteiger partial charge in [-0.3, -0.25) is 0 Å². The van der Waals surface area contributed by atoms with Crippen molar-refractivity contribution < 1.29 is 8.42 Å². The number of rotatable bonds is 4. The minimum absolute atomic E-state index is 0.00317. The lowest BCUT2D eigenvalue weighted by atomic mass is 9.48. The Kier molecular flexibility index (Phi) is 3.78. The van der Waals surface area contributed by atoms with Crippen molar-refractivity contribution in [3.63, 3.8) is 0 Å². The maximum atomic E-state index is 12.7. The molecule has 126 valence electrons. The summed E-state index contributed by atoms with van der Waals surface area (Å²) in [5.74, 6) is 2.47. The van der Waals surface area contributed by atoms with Crippen molar-refractivity contribution in [3.8, 4) is 0 Å². The maximum absolute atomic E-state index is 12.7. The summed E-state index contributed by atoms with van der Waals surface area (Å²) in [6, 6.07) is 6.42. The largest absolute Gasteiger partial charge is 0.240 e. The molecule has 0 aliphatic heterocycles. The average molecular weight is 354 g/mol. The molecule has 23 heavy (non-hydrogen) atoms. The van der Waals surface area contributed by atoms with E-state index >= 15 is 0 Å². The van der Waals surface area contributed by atoms with Crippen LogP contribution in [0, 0.1) is 23.2 Å². The van der Waals surface area contributed by atoms with E-state index in [-0.39, 0.29) is 11.5 Å². The molecule has 3 nitrogen and oxygen atoms in total. The fraction of sp³-hybridized carbons (Fsp3) is 0.667. The molecule has 4 saturated carbocycles. The first-order valence-corrected chi connectivity index (χ1v) is 10.5. The highest BCUT2D eigenvalue weighted by Crippen LogP contribution is 2.61. The zero-order valence-electron chi connectivity index (χ0n) is 13.5. The van der Waals surface area contributed by atoms with Crippen LogP contribution in [0.4, 0.5) is 0 Å². The summed E-state index contributed by atoms with van der Waals surface area (Å²) in [5.41, 5.74) is 0.175. The summed E-state index contributed by atoms with van der Waals surface area (Å²) in [4.78, 5) is 0.304. The Balaban J connectivity index is 1.55. The lowest BCUT2D eigenvalue weighted by molar-refractivity contribution is -0.0666. The SMILES string of the molecule is C[C@@H](NS(=O)(=O)c1ccc(Cl)cc1)C12CC3CC(CC(C3)C1)C2. The van der Waals surface area contributed by atoms with Crippen LogP contribution < -0.4 is 4.72 Å². The molecule has 0 heterocycles. The second-order valence-corrected chi connectivity index (χ2v) is 10.2. The lowest BCUT2D eigenvalue weighted by Crippen LogP contribution is -2.55. The first kappa shape index (κ1) is 15.9. The number of hydrogen-bond donors (Lipinski definition) is 1. The molecular weight excluding hydrogens is 330 g/mol. The fourth-order valence-corrected chi connectivity index (χ4v) is 7.22. The molecule has 0 spiro atoms. The molecular formula is C18H24ClNO2S. The van der Waals surface area contributed by atoms with Gasteiger partial charge in [0.05, 0.1) is 4.90 Å². The van der Waals surface area contributed by atoms with Gasteiger partial charge in [-0.05, 0) is 92.9 Å². The second-order valence-electron chi connectivity index (χ2n) is 8.08. The van der Waals surface area contributed by atoms with Gasteiger partial charge in [0.1, 0.15) is 0 Å². The predicted octanol–water partition coefficient (Wildman–Crippen LogP) is 4.22. The smallest absolute Gasteiger partial charge is 0.208 e. The molecule has 0 saturated heterocycles. The van der Waals surface area contributed by atoms with E-state index in [9.17, 15) is 8.42 Å². The van der Waals surface area contributed by atoms with Crippen LogP contribution in [0.2, 0.25) is 5.02 Å². The van der Waals surface area contributed by atoms with Gasteiger partial charge >= 0.3 is 0 Å². The maximum Gasteiger partial charge on any atom is 0.240 e. The van der Waals surface area contributed by atoms with Crippen molar-refractivity contribution >= 4 is 21.6 Å². The van der Waals surface area contributed by atoms with Crippen LogP contribution in [0.5, 0.6) is 0 Å². The Labute approximate surface area is 143 Å². The summed E-state index contributed by atoms with van der Waals surface area (Å²) < 4.78 is 28.4. The van der Waals surface area contributed by atoms with Crippen molar-refractivity contribution in [2.45, 2.75) is 56.4 Å². The van der Waals surface area contributed by atoms with Gasteiger partial charge in [-0.25, -0.2) is 13.1 Å². The Morgan fingerprint density at radius 1 is 1.04 bits per heavy atom. The molecule has 5 heteroatoms. The first-order valence-electron chi connectivity index (χ1n) is 8.64. The average Bonchev–Trinajstić information content (AvgIpc) is 2.45. The van der Waals surface area contributed by atoms with E-state index in [4.69, 9.17) is 11.6 Å². The van der Waals surface area contributed by atoms with Gasteiger partial charge in [0.15, 0.2) is 0 Å². The highest BCUT2D eigenvalue weighted by Gasteiger charge is 2.53. The third kappa shape index (κ3) is 2.83. The minimum atomic E-state index is -3.48. The van der Waals surface area contributed by atoms with Crippen molar-refractivity contribution in [1.29, 1.82) is 0 Å². The molecule has 1 N–H and O–H groups in total. The summed E-state index contributed by atoms with van der Waals surface area (Å²) in [7, 11) is -3.48. The highest BCUT2D eigenvalue weighted by atomic mass is 35.5. The molecule has 0 radical (unpaired) electrons. The Hall–Kier alpha value is -0.580. The Bertz CT molecular complexity index is 663. The Morgan fingerprint density at radius 3 is 2.00 bits per heavy atom. The number of benzene rings is 1. The third-order valence-corrected chi connectivity index (χ3v) is 8.27. The summed E-state index contributed by atoms with van der Waals surface area (Å²) >= 11 is 5.86. The number of nitrogens with one attached hydrogen (secondary N) is 1. The van der Waals surface area contributed by atoms with E-state index in [1.54, 1.807) is 24.3 Å². The van der Waals surface area contributed by atoms with Gasteiger partial charge < -0.3 is 0 Å². The molecule has 4 aliphatic carbocycles. The van der Waals surface area contributed by atoms with E-state index < -0.39 is 10.0 Å². The zero-order chi connectivity index (χ0) is 16.2. The van der Waals surface area contributed by atoms with Crippen LogP contribution in [0.25, 0.3) is 0 Å². The van der Waals surface area contributed by atoms with Crippen molar-refractivity contribution in [3.05, 3.63) is 29.3 Å². The highest BCUT2D eigenvalue weighted by molar-refractivity contribution is 7.89. The standard InChI is InChI=1S/C18H24ClNO2S/c1-12(20-23(21,22)17-4-2-16(19)3-5-17)18-9-13-6-14(10-18)8-15(7-13)11-18/h2-5,12-15,20H,6-11H2,1H3/t12-,13?,14?,15?,18?/m1/s1. The van der Waals surface area contributed by atoms with Crippen LogP contribution >= 0.6 is 11.6 Å². The predicted molar refractivity (Wildman–Crippen MR) is 91.8 cm³/mol. The van der Waals surface area contributed by atoms with E-state index in [1.807, 2.05) is 0 Å². The molecule has 0 amide bonds. The van der Waals surface area contributed by atoms with Crippen molar-refractivity contribution in [2.24, 2.45) is 23.2 Å². The monoisotopic (exact) mass is 353 g/mol. The van der Waals surface area contributed by atoms with Gasteiger partial charge in [-0.2, -0.15) is 0 Å². The fourth-order valence-electron chi connectivity index (χ4n) is 5.75. The third-order valence-electron chi connectivity index (χ3n) is 6.46. The molecule has 1 aromatic carbocycles. The van der Waals surface area contributed by atoms with E-state index in [1.165, 1.54) is 38.5 Å². The molecule has 4 bridgehead atoms. The summed E-state index contributed by atoms with van der Waals surface area (Å²) in [6.07, 6.45) is 7.71. The van der Waals surface area contributed by atoms with Gasteiger partial charge in [-0.15, -0.1) is 0 Å². The van der Waals surface area contributed by atoms with E-state index in [0.29, 0.717) is 9.92 Å². The Morgan fingerprint density at radius 2 is 1.52 bits per heavy atom. The van der Waals surface area contributed by atoms with Gasteiger partial charge in [0, 0.05) is 11.1 Å². The second kappa shape index (κ2) is 5.47. The normalized spacial score (nSPS) is 37.0. The molecule has 4 fully saturated rings.